The van der Waals surface area contributed by atoms with Gasteiger partial charge in [-0.1, -0.05) is 34.7 Å². The van der Waals surface area contributed by atoms with Crippen molar-refractivity contribution in [1.29, 1.82) is 0 Å². The number of carbonyl (C=O) groups is 1. The molecule has 0 aliphatic carbocycles. The Labute approximate surface area is 116 Å². The molecule has 1 unspecified atom stereocenters. The molecule has 0 heterocycles. The van der Waals surface area contributed by atoms with E-state index >= 15 is 0 Å². The first-order valence-electron chi connectivity index (χ1n) is 4.81. The van der Waals surface area contributed by atoms with Crippen molar-refractivity contribution < 1.29 is 14.1 Å². The van der Waals surface area contributed by atoms with Gasteiger partial charge in [0.05, 0.1) is 3.76 Å². The van der Waals surface area contributed by atoms with Gasteiger partial charge in [-0.3, -0.25) is 4.79 Å². The molecule has 94 valence electrons. The average molecular weight is 368 g/mol. The molecule has 1 aromatic carbocycles. The fraction of sp³-hybridized carbons (Fsp3) is 0.300. The van der Waals surface area contributed by atoms with E-state index in [0.29, 0.717) is 9.45 Å². The number of nitrogens with two attached hydrogens (primary N) is 1. The lowest BCUT2D eigenvalue weighted by molar-refractivity contribution is -0.138. The van der Waals surface area contributed by atoms with Crippen LogP contribution in [0.5, 0.6) is 0 Å². The Morgan fingerprint density at radius 3 is 2.88 bits per heavy atom. The van der Waals surface area contributed by atoms with Gasteiger partial charge in [0.1, 0.15) is 17.0 Å². The van der Waals surface area contributed by atoms with E-state index in [1.807, 2.05) is 22.6 Å². The lowest BCUT2D eigenvalue weighted by atomic mass is 10.1. The van der Waals surface area contributed by atoms with E-state index in [2.05, 4.69) is 4.72 Å². The van der Waals surface area contributed by atoms with Gasteiger partial charge < -0.3 is 15.6 Å². The van der Waals surface area contributed by atoms with Crippen LogP contribution in [0.15, 0.2) is 24.3 Å². The smallest absolute Gasteiger partial charge is 0.320 e. The van der Waals surface area contributed by atoms with Gasteiger partial charge in [-0.25, -0.2) is 4.21 Å². The van der Waals surface area contributed by atoms with Crippen molar-refractivity contribution in [3.63, 3.8) is 0 Å². The summed E-state index contributed by atoms with van der Waals surface area (Å²) >= 11 is 2.02. The van der Waals surface area contributed by atoms with E-state index in [-0.39, 0.29) is 6.42 Å². The first kappa shape index (κ1) is 14.4. The third-order valence-electron chi connectivity index (χ3n) is 2.03. The third-order valence-corrected chi connectivity index (χ3v) is 4.39. The maximum atomic E-state index is 11.3. The fourth-order valence-electron chi connectivity index (χ4n) is 1.26. The highest BCUT2D eigenvalue weighted by atomic mass is 127. The zero-order valence-electron chi connectivity index (χ0n) is 8.93. The van der Waals surface area contributed by atoms with Crippen LogP contribution in [0, 0.1) is 0 Å². The number of hydrogen-bond donors (Lipinski definition) is 3. The summed E-state index contributed by atoms with van der Waals surface area (Å²) in [7, 11) is -1.12. The Hall–Kier alpha value is -0.670. The predicted molar refractivity (Wildman–Crippen MR) is 76.4 cm³/mol. The number of nitrogens with one attached hydrogen (secondary N) is 1. The molecular formula is C10H13IN2O3S. The second-order valence-electron chi connectivity index (χ2n) is 3.41. The molecule has 0 aliphatic rings. The molecule has 4 N–H and O–H groups in total. The Bertz CT molecular complexity index is 428. The van der Waals surface area contributed by atoms with Crippen molar-refractivity contribution in [3.8, 4) is 0 Å². The van der Waals surface area contributed by atoms with Crippen LogP contribution in [0.1, 0.15) is 5.56 Å². The molecular weight excluding hydrogens is 355 g/mol. The topological polar surface area (TPSA) is 92.4 Å². The molecule has 2 atom stereocenters. The van der Waals surface area contributed by atoms with Gasteiger partial charge in [-0.05, 0) is 24.1 Å². The summed E-state index contributed by atoms with van der Waals surface area (Å²) in [6.07, 6.45) is 0.252. The molecule has 0 saturated carbocycles. The second-order valence-corrected chi connectivity index (χ2v) is 6.39. The van der Waals surface area contributed by atoms with Gasteiger partial charge in [0, 0.05) is 5.69 Å². The number of alkyl halides is 1. The van der Waals surface area contributed by atoms with Gasteiger partial charge in [0.2, 0.25) is 0 Å². The number of aliphatic carboxylic acids is 1. The summed E-state index contributed by atoms with van der Waals surface area (Å²) in [5.74, 6) is -1.03. The second kappa shape index (κ2) is 6.92. The van der Waals surface area contributed by atoms with Crippen molar-refractivity contribution in [1.82, 2.24) is 0 Å². The highest BCUT2D eigenvalue weighted by Crippen LogP contribution is 2.13. The Kier molecular flexibility index (Phi) is 5.86. The van der Waals surface area contributed by atoms with Gasteiger partial charge in [0.25, 0.3) is 0 Å². The molecule has 0 fully saturated rings. The summed E-state index contributed by atoms with van der Waals surface area (Å²) in [5.41, 5.74) is 6.95. The lowest BCUT2D eigenvalue weighted by Crippen LogP contribution is -2.32. The molecule has 0 spiro atoms. The largest absolute Gasteiger partial charge is 0.480 e. The zero-order chi connectivity index (χ0) is 12.8. The molecule has 5 nitrogen and oxygen atoms in total. The van der Waals surface area contributed by atoms with Crippen LogP contribution in [-0.2, 0) is 22.2 Å². The van der Waals surface area contributed by atoms with E-state index in [9.17, 15) is 9.00 Å². The number of carboxylic acid groups (broad SMARTS) is 1. The molecule has 7 heteroatoms. The molecule has 1 aromatic rings. The predicted octanol–water partition coefficient (Wildman–Crippen LogP) is 1.11. The summed E-state index contributed by atoms with van der Waals surface area (Å²) in [6, 6.07) is 6.19. The van der Waals surface area contributed by atoms with Crippen molar-refractivity contribution >= 4 is 45.2 Å². The summed E-state index contributed by atoms with van der Waals surface area (Å²) < 4.78 is 14.6. The van der Waals surface area contributed by atoms with Crippen LogP contribution in [0.4, 0.5) is 5.69 Å². The number of anilines is 1. The standard InChI is InChI=1S/C10H13IN2O3S/c11-6-17(16)13-8-3-1-2-7(4-8)5-9(12)10(14)15/h1-4,9,13H,5-6,12H2,(H,14,15)/t9-,17?/m0/s1. The molecule has 0 aromatic heterocycles. The molecule has 0 radical (unpaired) electrons. The van der Waals surface area contributed by atoms with E-state index < -0.39 is 23.0 Å². The third kappa shape index (κ3) is 5.00. The monoisotopic (exact) mass is 368 g/mol. The quantitative estimate of drug-likeness (QED) is 0.518. The van der Waals surface area contributed by atoms with Crippen LogP contribution in [-0.4, -0.2) is 25.1 Å². The fourth-order valence-corrected chi connectivity index (χ4v) is 2.17. The van der Waals surface area contributed by atoms with Gasteiger partial charge in [-0.2, -0.15) is 0 Å². The van der Waals surface area contributed by atoms with Crippen molar-refractivity contribution in [2.24, 2.45) is 5.73 Å². The highest BCUT2D eigenvalue weighted by Gasteiger charge is 2.12. The zero-order valence-corrected chi connectivity index (χ0v) is 11.9. The van der Waals surface area contributed by atoms with E-state index in [1.54, 1.807) is 24.3 Å². The van der Waals surface area contributed by atoms with E-state index in [0.717, 1.165) is 5.56 Å². The molecule has 1 rings (SSSR count). The SMILES string of the molecule is N[C@@H](Cc1cccc(NS(=O)CI)c1)C(=O)O. The van der Waals surface area contributed by atoms with E-state index in [4.69, 9.17) is 10.8 Å². The first-order valence-corrected chi connectivity index (χ1v) is 7.65. The highest BCUT2D eigenvalue weighted by molar-refractivity contribution is 14.1. The number of rotatable bonds is 6. The maximum Gasteiger partial charge on any atom is 0.320 e. The van der Waals surface area contributed by atoms with Gasteiger partial charge in [-0.15, -0.1) is 0 Å². The minimum Gasteiger partial charge on any atom is -0.480 e. The van der Waals surface area contributed by atoms with Gasteiger partial charge >= 0.3 is 5.97 Å². The van der Waals surface area contributed by atoms with Crippen molar-refractivity contribution in [2.75, 3.05) is 8.48 Å². The molecule has 0 bridgehead atoms. The van der Waals surface area contributed by atoms with Crippen LogP contribution in [0.2, 0.25) is 0 Å². The Morgan fingerprint density at radius 1 is 1.59 bits per heavy atom. The number of carboxylic acids is 1. The molecule has 0 aliphatic heterocycles. The normalized spacial score (nSPS) is 14.0. The summed E-state index contributed by atoms with van der Waals surface area (Å²) in [4.78, 5) is 10.6. The maximum absolute atomic E-state index is 11.3. The summed E-state index contributed by atoms with van der Waals surface area (Å²) in [5, 5.41) is 8.71. The van der Waals surface area contributed by atoms with Crippen LogP contribution >= 0.6 is 22.6 Å². The lowest BCUT2D eigenvalue weighted by Gasteiger charge is -2.09. The Balaban J connectivity index is 2.72. The first-order chi connectivity index (χ1) is 8.02. The number of hydrogen-bond acceptors (Lipinski definition) is 3. The summed E-state index contributed by atoms with van der Waals surface area (Å²) in [6.45, 7) is 0. The Morgan fingerprint density at radius 2 is 2.29 bits per heavy atom. The van der Waals surface area contributed by atoms with Crippen LogP contribution in [0.3, 0.4) is 0 Å². The number of benzene rings is 1. The van der Waals surface area contributed by atoms with Crippen LogP contribution in [0.25, 0.3) is 0 Å². The molecule has 0 amide bonds. The number of halogens is 1. The van der Waals surface area contributed by atoms with Crippen molar-refractivity contribution in [3.05, 3.63) is 29.8 Å². The van der Waals surface area contributed by atoms with E-state index in [1.165, 1.54) is 0 Å². The van der Waals surface area contributed by atoms with Crippen LogP contribution < -0.4 is 10.5 Å². The minimum absolute atomic E-state index is 0.252. The molecule has 17 heavy (non-hydrogen) atoms. The van der Waals surface area contributed by atoms with Crippen molar-refractivity contribution in [2.45, 2.75) is 12.5 Å². The molecule has 0 saturated heterocycles. The average Bonchev–Trinajstić information content (AvgIpc) is 2.29. The van der Waals surface area contributed by atoms with Gasteiger partial charge in [0.15, 0.2) is 0 Å². The minimum atomic E-state index is -1.12.